The van der Waals surface area contributed by atoms with Gasteiger partial charge < -0.3 is 9.80 Å². The molecule has 1 fully saturated rings. The van der Waals surface area contributed by atoms with E-state index in [1.165, 1.54) is 87.3 Å². The molecule has 0 N–H and O–H groups in total. The summed E-state index contributed by atoms with van der Waals surface area (Å²) in [6.07, 6.45) is 5.07. The summed E-state index contributed by atoms with van der Waals surface area (Å²) >= 11 is 0. The van der Waals surface area contributed by atoms with Crippen molar-refractivity contribution in [1.82, 2.24) is 0 Å². The number of rotatable bonds is 2. The molecule has 0 atom stereocenters. The van der Waals surface area contributed by atoms with Crippen LogP contribution >= 0.6 is 0 Å². The minimum absolute atomic E-state index is 0.128. The van der Waals surface area contributed by atoms with Crippen molar-refractivity contribution in [2.75, 3.05) is 9.80 Å². The van der Waals surface area contributed by atoms with E-state index < -0.39 is 0 Å². The summed E-state index contributed by atoms with van der Waals surface area (Å²) in [5.74, 6) is 0. The number of nitrogens with zero attached hydrogens (tertiary/aromatic N) is 2. The molecule has 0 unspecified atom stereocenters. The van der Waals surface area contributed by atoms with Gasteiger partial charge >= 0.3 is 0 Å². The van der Waals surface area contributed by atoms with Crippen LogP contribution in [0.5, 0.6) is 0 Å². The van der Waals surface area contributed by atoms with Crippen LogP contribution in [0.2, 0.25) is 0 Å². The largest absolute Gasteiger partial charge is 0.311 e. The summed E-state index contributed by atoms with van der Waals surface area (Å²) in [5.41, 5.74) is 17.8. The number of fused-ring (bicyclic) bond motifs is 9. The zero-order valence-corrected chi connectivity index (χ0v) is 24.6. The van der Waals surface area contributed by atoms with Crippen LogP contribution in [0.15, 0.2) is 140 Å². The lowest BCUT2D eigenvalue weighted by Gasteiger charge is -2.44. The van der Waals surface area contributed by atoms with Crippen LogP contribution in [0.1, 0.15) is 36.8 Å². The van der Waals surface area contributed by atoms with Crippen LogP contribution in [0.3, 0.4) is 0 Å². The molecule has 0 bridgehead atoms. The van der Waals surface area contributed by atoms with E-state index in [-0.39, 0.29) is 12.1 Å². The van der Waals surface area contributed by atoms with E-state index in [0.717, 1.165) is 0 Å². The maximum Gasteiger partial charge on any atom is 0.252 e. The van der Waals surface area contributed by atoms with Crippen LogP contribution in [0, 0.1) is 0 Å². The quantitative estimate of drug-likeness (QED) is 0.195. The van der Waals surface area contributed by atoms with E-state index in [4.69, 9.17) is 0 Å². The smallest absolute Gasteiger partial charge is 0.252 e. The second kappa shape index (κ2) is 9.00. The van der Waals surface area contributed by atoms with E-state index >= 15 is 0 Å². The first-order valence-corrected chi connectivity index (χ1v) is 16.0. The third-order valence-electron chi connectivity index (χ3n) is 10.8. The molecule has 6 aromatic carbocycles. The van der Waals surface area contributed by atoms with Gasteiger partial charge in [-0.25, -0.2) is 0 Å². The van der Waals surface area contributed by atoms with Gasteiger partial charge in [-0.1, -0.05) is 104 Å². The summed E-state index contributed by atoms with van der Waals surface area (Å²) in [4.78, 5) is 5.00. The maximum absolute atomic E-state index is 2.64. The summed E-state index contributed by atoms with van der Waals surface area (Å²) in [7, 11) is 0. The average molecular weight is 563 g/mol. The molecule has 3 heteroatoms. The van der Waals surface area contributed by atoms with Crippen molar-refractivity contribution in [3.63, 3.8) is 0 Å². The lowest BCUT2D eigenvalue weighted by molar-refractivity contribution is 0.550. The summed E-state index contributed by atoms with van der Waals surface area (Å²) in [6.45, 7) is 0.153. The van der Waals surface area contributed by atoms with Gasteiger partial charge in [-0.05, 0) is 100 Å². The lowest BCUT2D eigenvalue weighted by Crippen LogP contribution is -2.61. The molecule has 0 saturated heterocycles. The second-order valence-corrected chi connectivity index (χ2v) is 12.8. The number of para-hydroxylation sites is 3. The molecule has 0 aromatic heterocycles. The standard InChI is InChI=1S/C41H31BN2/c1-3-14-28(15-4-1)43-36-21-10-9-20-34(36)42-35-27-33-31(30-18-7-8-19-32(30)41(33)24-11-12-25-41)26-39(35)44(29-16-5-2-6-17-29)38-23-13-22-37(43)40(38)42/h1-10,13-23,26-27H,11-12,24-25H2. The van der Waals surface area contributed by atoms with Crippen molar-refractivity contribution in [2.24, 2.45) is 0 Å². The topological polar surface area (TPSA) is 6.48 Å². The lowest BCUT2D eigenvalue weighted by atomic mass is 9.33. The fraction of sp³-hybridized carbons (Fsp3) is 0.122. The third-order valence-corrected chi connectivity index (χ3v) is 10.8. The zero-order valence-electron chi connectivity index (χ0n) is 24.6. The van der Waals surface area contributed by atoms with Crippen molar-refractivity contribution < 1.29 is 0 Å². The molecule has 2 nitrogen and oxygen atoms in total. The molecule has 6 aromatic rings. The highest BCUT2D eigenvalue weighted by Gasteiger charge is 2.48. The fourth-order valence-electron chi connectivity index (χ4n) is 9.06. The average Bonchev–Trinajstić information content (AvgIpc) is 3.69. The van der Waals surface area contributed by atoms with Gasteiger partial charge in [0.15, 0.2) is 0 Å². The molecule has 2 heterocycles. The highest BCUT2D eigenvalue weighted by molar-refractivity contribution is 7.00. The Labute approximate surface area is 259 Å². The molecular formula is C41H31BN2. The molecule has 10 rings (SSSR count). The number of anilines is 6. The van der Waals surface area contributed by atoms with E-state index in [1.807, 2.05) is 0 Å². The van der Waals surface area contributed by atoms with Gasteiger partial charge in [0.05, 0.1) is 0 Å². The molecule has 44 heavy (non-hydrogen) atoms. The molecule has 2 aliphatic carbocycles. The Bertz CT molecular complexity index is 2100. The number of hydrogen-bond donors (Lipinski definition) is 0. The van der Waals surface area contributed by atoms with E-state index in [0.29, 0.717) is 0 Å². The number of benzene rings is 6. The third kappa shape index (κ3) is 3.12. The van der Waals surface area contributed by atoms with E-state index in [1.54, 1.807) is 11.1 Å². The Morgan fingerprint density at radius 3 is 1.77 bits per heavy atom. The Morgan fingerprint density at radius 2 is 1.05 bits per heavy atom. The van der Waals surface area contributed by atoms with Gasteiger partial charge in [0.2, 0.25) is 0 Å². The van der Waals surface area contributed by atoms with E-state index in [2.05, 4.69) is 149 Å². The van der Waals surface area contributed by atoms with Crippen molar-refractivity contribution >= 4 is 57.2 Å². The van der Waals surface area contributed by atoms with Crippen LogP contribution in [-0.2, 0) is 5.41 Å². The van der Waals surface area contributed by atoms with Gasteiger partial charge in [-0.15, -0.1) is 0 Å². The first kappa shape index (κ1) is 24.4. The normalized spacial score (nSPS) is 16.3. The van der Waals surface area contributed by atoms with Gasteiger partial charge in [0.1, 0.15) is 0 Å². The van der Waals surface area contributed by atoms with Gasteiger partial charge in [0.25, 0.3) is 6.71 Å². The Hall–Kier alpha value is -5.02. The number of hydrogen-bond acceptors (Lipinski definition) is 2. The van der Waals surface area contributed by atoms with Crippen molar-refractivity contribution in [3.05, 3.63) is 151 Å². The van der Waals surface area contributed by atoms with Crippen molar-refractivity contribution in [3.8, 4) is 11.1 Å². The van der Waals surface area contributed by atoms with Crippen LogP contribution in [-0.4, -0.2) is 6.71 Å². The Balaban J connectivity index is 1.31. The van der Waals surface area contributed by atoms with E-state index in [9.17, 15) is 0 Å². The van der Waals surface area contributed by atoms with Crippen LogP contribution < -0.4 is 26.2 Å². The summed E-state index contributed by atoms with van der Waals surface area (Å²) in [5, 5.41) is 0. The monoisotopic (exact) mass is 562 g/mol. The van der Waals surface area contributed by atoms with Crippen LogP contribution in [0.4, 0.5) is 34.1 Å². The molecule has 4 aliphatic rings. The predicted octanol–water partition coefficient (Wildman–Crippen LogP) is 8.61. The molecule has 0 radical (unpaired) electrons. The van der Waals surface area contributed by atoms with Gasteiger partial charge in [0, 0.05) is 39.5 Å². The zero-order chi connectivity index (χ0) is 28.8. The molecular weight excluding hydrogens is 531 g/mol. The highest BCUT2D eigenvalue weighted by Crippen LogP contribution is 2.58. The Kier molecular flexibility index (Phi) is 5.00. The summed E-state index contributed by atoms with van der Waals surface area (Å²) < 4.78 is 0. The van der Waals surface area contributed by atoms with Gasteiger partial charge in [-0.3, -0.25) is 0 Å². The highest BCUT2D eigenvalue weighted by atomic mass is 15.2. The first-order valence-electron chi connectivity index (χ1n) is 16.0. The van der Waals surface area contributed by atoms with Gasteiger partial charge in [-0.2, -0.15) is 0 Å². The fourth-order valence-corrected chi connectivity index (χ4v) is 9.06. The predicted molar refractivity (Wildman–Crippen MR) is 185 cm³/mol. The molecule has 1 spiro atoms. The SMILES string of the molecule is c1ccc(N2c3ccccc3B3c4cc5c(cc4N(c4ccccc4)c4cccc2c43)-c2ccccc2C52CCCC2)cc1. The molecule has 1 saturated carbocycles. The minimum Gasteiger partial charge on any atom is -0.311 e. The molecule has 208 valence electrons. The Morgan fingerprint density at radius 1 is 0.455 bits per heavy atom. The second-order valence-electron chi connectivity index (χ2n) is 12.8. The maximum atomic E-state index is 2.64. The van der Waals surface area contributed by atoms with Crippen molar-refractivity contribution in [2.45, 2.75) is 31.1 Å². The minimum atomic E-state index is 0.128. The van der Waals surface area contributed by atoms with Crippen molar-refractivity contribution in [1.29, 1.82) is 0 Å². The first-order chi connectivity index (χ1) is 21.8. The molecule has 2 aliphatic heterocycles. The molecule has 0 amide bonds. The van der Waals surface area contributed by atoms with Crippen LogP contribution in [0.25, 0.3) is 11.1 Å². The summed E-state index contributed by atoms with van der Waals surface area (Å²) in [6, 6.07) is 52.3.